The zero-order chi connectivity index (χ0) is 13.8. The average molecular weight is 321 g/mol. The van der Waals surface area contributed by atoms with E-state index >= 15 is 0 Å². The van der Waals surface area contributed by atoms with Crippen molar-refractivity contribution in [1.29, 1.82) is 0 Å². The minimum Gasteiger partial charge on any atom is -0.457 e. The zero-order valence-electron chi connectivity index (χ0n) is 10.1. The number of nitrogens with two attached hydrogens (primary N) is 2. The monoisotopic (exact) mass is 320 g/mol. The molecule has 98 valence electrons. The molecule has 19 heavy (non-hydrogen) atoms. The number of primary amides is 1. The summed E-state index contributed by atoms with van der Waals surface area (Å²) in [6.45, 7) is 0.477. The van der Waals surface area contributed by atoms with Crippen LogP contribution in [0.25, 0.3) is 0 Å². The second-order valence-electron chi connectivity index (χ2n) is 3.95. The number of hydrogen-bond acceptors (Lipinski definition) is 3. The standard InChI is InChI=1S/C14H13BrN2O2/c15-10-3-6-13(12(7-10)14(17)18)19-11-4-1-9(8-16)2-5-11/h1-7H,8,16H2,(H2,17,18). The predicted molar refractivity (Wildman–Crippen MR) is 77.1 cm³/mol. The van der Waals surface area contributed by atoms with E-state index in [0.29, 0.717) is 23.6 Å². The van der Waals surface area contributed by atoms with Gasteiger partial charge in [-0.3, -0.25) is 4.79 Å². The van der Waals surface area contributed by atoms with Crippen LogP contribution in [0.1, 0.15) is 15.9 Å². The molecule has 0 spiro atoms. The molecular weight excluding hydrogens is 308 g/mol. The van der Waals surface area contributed by atoms with Gasteiger partial charge in [0.1, 0.15) is 11.5 Å². The van der Waals surface area contributed by atoms with Gasteiger partial charge in [-0.15, -0.1) is 0 Å². The van der Waals surface area contributed by atoms with Gasteiger partial charge < -0.3 is 16.2 Å². The molecule has 0 aromatic heterocycles. The number of carbonyl (C=O) groups excluding carboxylic acids is 1. The van der Waals surface area contributed by atoms with Crippen molar-refractivity contribution in [2.45, 2.75) is 6.54 Å². The molecule has 0 aliphatic heterocycles. The zero-order valence-corrected chi connectivity index (χ0v) is 11.7. The summed E-state index contributed by atoms with van der Waals surface area (Å²) in [6.07, 6.45) is 0. The predicted octanol–water partition coefficient (Wildman–Crippen LogP) is 2.80. The lowest BCUT2D eigenvalue weighted by Crippen LogP contribution is -2.12. The Kier molecular flexibility index (Phi) is 4.19. The van der Waals surface area contributed by atoms with Crippen LogP contribution in [-0.2, 0) is 6.54 Å². The molecule has 0 bridgehead atoms. The summed E-state index contributed by atoms with van der Waals surface area (Å²) in [6, 6.07) is 12.5. The van der Waals surface area contributed by atoms with Crippen molar-refractivity contribution in [2.24, 2.45) is 11.5 Å². The number of rotatable bonds is 4. The van der Waals surface area contributed by atoms with E-state index in [1.165, 1.54) is 0 Å². The van der Waals surface area contributed by atoms with E-state index < -0.39 is 5.91 Å². The topological polar surface area (TPSA) is 78.3 Å². The quantitative estimate of drug-likeness (QED) is 0.909. The highest BCUT2D eigenvalue weighted by atomic mass is 79.9. The summed E-state index contributed by atoms with van der Waals surface area (Å²) < 4.78 is 6.43. The highest BCUT2D eigenvalue weighted by Gasteiger charge is 2.10. The normalized spacial score (nSPS) is 10.2. The number of ether oxygens (including phenoxy) is 1. The molecule has 0 aliphatic rings. The molecule has 0 saturated heterocycles. The lowest BCUT2D eigenvalue weighted by molar-refractivity contribution is 0.0998. The third-order valence-electron chi connectivity index (χ3n) is 2.59. The number of amides is 1. The highest BCUT2D eigenvalue weighted by molar-refractivity contribution is 9.10. The van der Waals surface area contributed by atoms with Gasteiger partial charge in [-0.2, -0.15) is 0 Å². The van der Waals surface area contributed by atoms with Crippen LogP contribution in [0.3, 0.4) is 0 Å². The molecular formula is C14H13BrN2O2. The summed E-state index contributed by atoms with van der Waals surface area (Å²) in [4.78, 5) is 11.4. The van der Waals surface area contributed by atoms with Gasteiger partial charge in [-0.25, -0.2) is 0 Å². The first kappa shape index (κ1) is 13.6. The van der Waals surface area contributed by atoms with E-state index in [0.717, 1.165) is 10.0 Å². The Hall–Kier alpha value is -1.85. The summed E-state index contributed by atoms with van der Waals surface area (Å²) in [5.74, 6) is 0.521. The Balaban J connectivity index is 2.29. The minimum atomic E-state index is -0.533. The molecule has 2 rings (SSSR count). The third kappa shape index (κ3) is 3.33. The summed E-state index contributed by atoms with van der Waals surface area (Å²) in [7, 11) is 0. The van der Waals surface area contributed by atoms with E-state index in [-0.39, 0.29) is 0 Å². The first-order chi connectivity index (χ1) is 9.10. The van der Waals surface area contributed by atoms with Crippen molar-refractivity contribution in [1.82, 2.24) is 0 Å². The van der Waals surface area contributed by atoms with Crippen LogP contribution in [0.2, 0.25) is 0 Å². The van der Waals surface area contributed by atoms with Gasteiger partial charge in [0, 0.05) is 11.0 Å². The van der Waals surface area contributed by atoms with Crippen molar-refractivity contribution in [2.75, 3.05) is 0 Å². The molecule has 2 aromatic carbocycles. The van der Waals surface area contributed by atoms with Crippen molar-refractivity contribution in [3.8, 4) is 11.5 Å². The molecule has 4 N–H and O–H groups in total. The van der Waals surface area contributed by atoms with Crippen LogP contribution in [0, 0.1) is 0 Å². The maximum atomic E-state index is 11.4. The fraction of sp³-hybridized carbons (Fsp3) is 0.0714. The maximum absolute atomic E-state index is 11.4. The molecule has 0 fully saturated rings. The number of hydrogen-bond donors (Lipinski definition) is 2. The van der Waals surface area contributed by atoms with Gasteiger partial charge in [0.15, 0.2) is 0 Å². The van der Waals surface area contributed by atoms with Crippen LogP contribution in [0.5, 0.6) is 11.5 Å². The summed E-state index contributed by atoms with van der Waals surface area (Å²) in [5, 5.41) is 0. The second-order valence-corrected chi connectivity index (χ2v) is 4.87. The van der Waals surface area contributed by atoms with Crippen LogP contribution in [0.15, 0.2) is 46.9 Å². The fourth-order valence-corrected chi connectivity index (χ4v) is 1.97. The van der Waals surface area contributed by atoms with E-state index in [2.05, 4.69) is 15.9 Å². The van der Waals surface area contributed by atoms with Crippen LogP contribution in [-0.4, -0.2) is 5.91 Å². The SMILES string of the molecule is NCc1ccc(Oc2ccc(Br)cc2C(N)=O)cc1. The Labute approximate surface area is 119 Å². The number of benzene rings is 2. The number of halogens is 1. The number of carbonyl (C=O) groups is 1. The van der Waals surface area contributed by atoms with Crippen LogP contribution in [0.4, 0.5) is 0 Å². The second kappa shape index (κ2) is 5.86. The van der Waals surface area contributed by atoms with Gasteiger partial charge in [-0.1, -0.05) is 28.1 Å². The van der Waals surface area contributed by atoms with Gasteiger partial charge in [0.25, 0.3) is 5.91 Å². The molecule has 0 atom stereocenters. The van der Waals surface area contributed by atoms with E-state index in [9.17, 15) is 4.79 Å². The molecule has 0 heterocycles. The maximum Gasteiger partial charge on any atom is 0.252 e. The first-order valence-corrected chi connectivity index (χ1v) is 6.45. The molecule has 0 saturated carbocycles. The molecule has 2 aromatic rings. The Morgan fingerprint density at radius 1 is 1.16 bits per heavy atom. The van der Waals surface area contributed by atoms with Crippen LogP contribution >= 0.6 is 15.9 Å². The third-order valence-corrected chi connectivity index (χ3v) is 3.09. The van der Waals surface area contributed by atoms with Gasteiger partial charge >= 0.3 is 0 Å². The van der Waals surface area contributed by atoms with Crippen molar-refractivity contribution < 1.29 is 9.53 Å². The van der Waals surface area contributed by atoms with Crippen molar-refractivity contribution >= 4 is 21.8 Å². The van der Waals surface area contributed by atoms with Crippen LogP contribution < -0.4 is 16.2 Å². The molecule has 1 amide bonds. The van der Waals surface area contributed by atoms with E-state index in [1.807, 2.05) is 12.1 Å². The molecule has 5 heteroatoms. The first-order valence-electron chi connectivity index (χ1n) is 5.66. The molecule has 0 aliphatic carbocycles. The lowest BCUT2D eigenvalue weighted by Gasteiger charge is -2.10. The summed E-state index contributed by atoms with van der Waals surface area (Å²) in [5.41, 5.74) is 12.2. The minimum absolute atomic E-state index is 0.331. The van der Waals surface area contributed by atoms with E-state index in [4.69, 9.17) is 16.2 Å². The van der Waals surface area contributed by atoms with Crippen molar-refractivity contribution in [3.05, 3.63) is 58.1 Å². The molecule has 0 radical (unpaired) electrons. The highest BCUT2D eigenvalue weighted by Crippen LogP contribution is 2.28. The largest absolute Gasteiger partial charge is 0.457 e. The fourth-order valence-electron chi connectivity index (χ4n) is 1.60. The Morgan fingerprint density at radius 3 is 2.42 bits per heavy atom. The lowest BCUT2D eigenvalue weighted by atomic mass is 10.2. The Bertz CT molecular complexity index is 597. The average Bonchev–Trinajstić information content (AvgIpc) is 2.41. The summed E-state index contributed by atoms with van der Waals surface area (Å²) >= 11 is 3.29. The van der Waals surface area contributed by atoms with Gasteiger partial charge in [0.2, 0.25) is 0 Å². The van der Waals surface area contributed by atoms with Gasteiger partial charge in [0.05, 0.1) is 5.56 Å². The van der Waals surface area contributed by atoms with Crippen molar-refractivity contribution in [3.63, 3.8) is 0 Å². The Morgan fingerprint density at radius 2 is 1.84 bits per heavy atom. The van der Waals surface area contributed by atoms with Gasteiger partial charge in [-0.05, 0) is 35.9 Å². The van der Waals surface area contributed by atoms with E-state index in [1.54, 1.807) is 30.3 Å². The molecule has 0 unspecified atom stereocenters. The molecule has 4 nitrogen and oxygen atoms in total. The smallest absolute Gasteiger partial charge is 0.252 e.